The summed E-state index contributed by atoms with van der Waals surface area (Å²) in [5, 5.41) is 43.6. The van der Waals surface area contributed by atoms with Crippen LogP contribution in [0.15, 0.2) is 23.3 Å². The van der Waals surface area contributed by atoms with Crippen LogP contribution in [0.2, 0.25) is 0 Å². The van der Waals surface area contributed by atoms with Crippen molar-refractivity contribution in [3.63, 3.8) is 0 Å². The van der Waals surface area contributed by atoms with Gasteiger partial charge in [0.15, 0.2) is 5.78 Å². The van der Waals surface area contributed by atoms with Gasteiger partial charge in [-0.2, -0.15) is 0 Å². The van der Waals surface area contributed by atoms with Gasteiger partial charge < -0.3 is 25.2 Å². The maximum atomic E-state index is 14.0. The van der Waals surface area contributed by atoms with Crippen LogP contribution in [0.3, 0.4) is 0 Å². The molecule has 8 atom stereocenters. The number of aliphatic hydroxyl groups is 4. The summed E-state index contributed by atoms with van der Waals surface area (Å²) in [4.78, 5) is 26.0. The number of aliphatic hydroxyl groups excluding tert-OH is 3. The van der Waals surface area contributed by atoms with Gasteiger partial charge in [-0.3, -0.25) is 9.59 Å². The first-order chi connectivity index (χ1) is 13.3. The minimum atomic E-state index is -2.20. The fourth-order valence-corrected chi connectivity index (χ4v) is 6.99. The molecule has 0 aliphatic heterocycles. The minimum absolute atomic E-state index is 0.100. The molecule has 0 aromatic carbocycles. The smallest absolute Gasteiger partial charge is 0.303 e. The van der Waals surface area contributed by atoms with Gasteiger partial charge in [0, 0.05) is 24.2 Å². The van der Waals surface area contributed by atoms with Gasteiger partial charge in [0.05, 0.1) is 12.0 Å². The van der Waals surface area contributed by atoms with Gasteiger partial charge >= 0.3 is 5.97 Å². The monoisotopic (exact) mass is 406 g/mol. The van der Waals surface area contributed by atoms with Crippen molar-refractivity contribution in [1.29, 1.82) is 0 Å². The summed E-state index contributed by atoms with van der Waals surface area (Å²) in [6, 6.07) is 0. The zero-order valence-electron chi connectivity index (χ0n) is 17.5. The molecule has 0 heterocycles. The Morgan fingerprint density at radius 3 is 2.45 bits per heavy atom. The normalized spacial score (nSPS) is 49.8. The summed E-state index contributed by atoms with van der Waals surface area (Å²) in [5.74, 6) is -2.39. The highest BCUT2D eigenvalue weighted by Gasteiger charge is 2.83. The second-order valence-corrected chi connectivity index (χ2v) is 9.97. The number of carbonyl (C=O) groups excluding carboxylic acids is 2. The molecule has 4 aliphatic carbocycles. The Morgan fingerprint density at radius 1 is 1.28 bits per heavy atom. The Balaban J connectivity index is 2.01. The van der Waals surface area contributed by atoms with Gasteiger partial charge in [-0.1, -0.05) is 32.9 Å². The van der Waals surface area contributed by atoms with Crippen LogP contribution < -0.4 is 0 Å². The summed E-state index contributed by atoms with van der Waals surface area (Å²) in [7, 11) is 0. The van der Waals surface area contributed by atoms with Gasteiger partial charge in [-0.25, -0.2) is 0 Å². The highest BCUT2D eigenvalue weighted by molar-refractivity contribution is 5.95. The highest BCUT2D eigenvalue weighted by atomic mass is 16.6. The SMILES string of the molecule is CC(=O)O[C@@]12CC(C)C34C=C(C)C(O)[C@@]3(O)C(O)C(CO)=CC(C4=O)[C@H]1C2(C)C. The quantitative estimate of drug-likeness (QED) is 0.389. The van der Waals surface area contributed by atoms with E-state index in [4.69, 9.17) is 4.74 Å². The number of ether oxygens (including phenoxy) is 1. The van der Waals surface area contributed by atoms with Crippen LogP contribution in [-0.2, 0) is 14.3 Å². The van der Waals surface area contributed by atoms with E-state index in [1.165, 1.54) is 13.0 Å². The van der Waals surface area contributed by atoms with Gasteiger partial charge in [0.25, 0.3) is 0 Å². The third kappa shape index (κ3) is 2.07. The zero-order valence-corrected chi connectivity index (χ0v) is 17.5. The molecule has 0 aromatic heterocycles. The molecule has 4 rings (SSSR count). The number of hydrogen-bond acceptors (Lipinski definition) is 7. The molecule has 4 aliphatic rings. The lowest BCUT2D eigenvalue weighted by molar-refractivity contribution is -0.191. The number of fused-ring (bicyclic) bond motifs is 3. The lowest BCUT2D eigenvalue weighted by atomic mass is 9.59. The van der Waals surface area contributed by atoms with Crippen LogP contribution >= 0.6 is 0 Å². The van der Waals surface area contributed by atoms with Gasteiger partial charge in [0.1, 0.15) is 23.4 Å². The molecule has 4 N–H and O–H groups in total. The number of rotatable bonds is 2. The number of ketones is 1. The maximum absolute atomic E-state index is 14.0. The van der Waals surface area contributed by atoms with Crippen molar-refractivity contribution in [3.05, 3.63) is 23.3 Å². The predicted octanol–water partition coefficient (Wildman–Crippen LogP) is 0.501. The van der Waals surface area contributed by atoms with Crippen molar-refractivity contribution in [2.75, 3.05) is 6.61 Å². The molecule has 2 bridgehead atoms. The molecule has 0 aromatic rings. The zero-order chi connectivity index (χ0) is 21.7. The summed E-state index contributed by atoms with van der Waals surface area (Å²) in [5.41, 5.74) is -4.63. The number of Topliss-reactive ketones (excluding diaryl/α,β-unsaturated/α-hetero) is 1. The van der Waals surface area contributed by atoms with Gasteiger partial charge in [0.2, 0.25) is 0 Å². The van der Waals surface area contributed by atoms with Crippen LogP contribution in [0.1, 0.15) is 41.0 Å². The first-order valence-electron chi connectivity index (χ1n) is 10.2. The fraction of sp³-hybridized carbons (Fsp3) is 0.727. The Morgan fingerprint density at radius 2 is 1.90 bits per heavy atom. The molecular weight excluding hydrogens is 376 g/mol. The lowest BCUT2D eigenvalue weighted by Gasteiger charge is -2.48. The molecule has 1 spiro atoms. The van der Waals surface area contributed by atoms with Gasteiger partial charge in [-0.05, 0) is 30.4 Å². The van der Waals surface area contributed by atoms with E-state index in [9.17, 15) is 30.0 Å². The minimum Gasteiger partial charge on any atom is -0.458 e. The third-order valence-corrected chi connectivity index (χ3v) is 8.38. The summed E-state index contributed by atoms with van der Waals surface area (Å²) in [6.45, 7) is 8.09. The summed E-state index contributed by atoms with van der Waals surface area (Å²) < 4.78 is 5.83. The molecule has 160 valence electrons. The molecule has 0 amide bonds. The highest BCUT2D eigenvalue weighted by Crippen LogP contribution is 2.75. The molecule has 7 nitrogen and oxygen atoms in total. The second kappa shape index (κ2) is 5.78. The lowest BCUT2D eigenvalue weighted by Crippen LogP contribution is -2.65. The topological polar surface area (TPSA) is 124 Å². The van der Waals surface area contributed by atoms with Crippen molar-refractivity contribution < 1.29 is 34.8 Å². The Bertz CT molecular complexity index is 857. The molecule has 29 heavy (non-hydrogen) atoms. The number of allylic oxidation sites excluding steroid dienone is 1. The molecule has 0 saturated heterocycles. The molecule has 5 unspecified atom stereocenters. The maximum Gasteiger partial charge on any atom is 0.303 e. The average molecular weight is 406 g/mol. The molecule has 2 fully saturated rings. The largest absolute Gasteiger partial charge is 0.458 e. The van der Waals surface area contributed by atoms with Crippen LogP contribution in [0.5, 0.6) is 0 Å². The Hall–Kier alpha value is -1.54. The Labute approximate surface area is 170 Å². The van der Waals surface area contributed by atoms with E-state index < -0.39 is 58.7 Å². The van der Waals surface area contributed by atoms with Crippen molar-refractivity contribution in [2.24, 2.45) is 28.6 Å². The summed E-state index contributed by atoms with van der Waals surface area (Å²) in [6.07, 6.45) is 0.381. The number of carbonyl (C=O) groups is 2. The van der Waals surface area contributed by atoms with E-state index in [1.807, 2.05) is 13.8 Å². The van der Waals surface area contributed by atoms with E-state index in [-0.39, 0.29) is 17.3 Å². The van der Waals surface area contributed by atoms with E-state index in [1.54, 1.807) is 19.9 Å². The van der Waals surface area contributed by atoms with Crippen molar-refractivity contribution >= 4 is 11.8 Å². The first-order valence-corrected chi connectivity index (χ1v) is 10.2. The van der Waals surface area contributed by atoms with Crippen LogP contribution in [0.25, 0.3) is 0 Å². The van der Waals surface area contributed by atoms with Gasteiger partial charge in [-0.15, -0.1) is 0 Å². The van der Waals surface area contributed by atoms with E-state index in [0.717, 1.165) is 0 Å². The van der Waals surface area contributed by atoms with Crippen molar-refractivity contribution in [1.82, 2.24) is 0 Å². The standard InChI is InChI=1S/C22H30O7/c1-10-7-20-11(2)8-21(29-12(3)24)15(19(21,4)5)14(18(20)27)6-13(9-23)17(26)22(20,28)16(10)25/h6-7,11,14-17,23,25-26,28H,8-9H2,1-5H3/t11?,14?,15-,16?,17?,20?,21-,22+/m0/s1. The average Bonchev–Trinajstić information content (AvgIpc) is 3.03. The van der Waals surface area contributed by atoms with E-state index in [0.29, 0.717) is 12.0 Å². The van der Waals surface area contributed by atoms with Crippen LogP contribution in [0, 0.1) is 28.6 Å². The third-order valence-electron chi connectivity index (χ3n) is 8.38. The molecule has 2 saturated carbocycles. The van der Waals surface area contributed by atoms with Crippen molar-refractivity contribution in [3.8, 4) is 0 Å². The number of esters is 1. The van der Waals surface area contributed by atoms with E-state index in [2.05, 4.69) is 0 Å². The second-order valence-electron chi connectivity index (χ2n) is 9.97. The number of hydrogen-bond donors (Lipinski definition) is 4. The molecule has 7 heteroatoms. The fourth-order valence-electron chi connectivity index (χ4n) is 6.99. The van der Waals surface area contributed by atoms with Crippen molar-refractivity contribution in [2.45, 2.75) is 64.4 Å². The Kier molecular flexibility index (Phi) is 4.13. The molecule has 0 radical (unpaired) electrons. The first kappa shape index (κ1) is 20.7. The van der Waals surface area contributed by atoms with E-state index >= 15 is 0 Å². The van der Waals surface area contributed by atoms with Crippen LogP contribution in [-0.4, -0.2) is 62.2 Å². The predicted molar refractivity (Wildman–Crippen MR) is 102 cm³/mol. The summed E-state index contributed by atoms with van der Waals surface area (Å²) >= 11 is 0. The van der Waals surface area contributed by atoms with Crippen LogP contribution in [0.4, 0.5) is 0 Å². The molecular formula is C22H30O7.